The summed E-state index contributed by atoms with van der Waals surface area (Å²) in [4.78, 5) is 61.8. The number of fused-ring (bicyclic) bond motifs is 1. The Hall–Kier alpha value is -8.43. The minimum Gasteiger partial charge on any atom is -0.478 e. The van der Waals surface area contributed by atoms with Crippen LogP contribution in [0.15, 0.2) is 143 Å². The number of aliphatic hydroxyl groups is 5. The standard InChI is InChI=1S/C59H69N9O15S/c1-59(2,24-9-11-26-81-52-30-42(28-45(66-52)37-13-4-3-5-14-37)38-20-22-48-49(29-38)83-36-82-48)35-63-58(77)65-43-17-12-16-39(27-43)55(74)60-25-10-8-18-44(57(76)62-33-46(70)53(72)54(73)47(71)34-69)67-56(75)41-21-23-51(61-31-41)68-64-32-40-15-6-7-19-50(40)84(78,79)80/h3-7,12-17,19-23,27-31,44,46-47,53-54,69-73H,8-11,18,24-26,32-36H2,1-2H3,(H,60,74)(H,62,76)(H,67,75)(H2,63,65,77)(H,78,79,80)/t44-,46-,47+,53+,54+/m0/s1. The fourth-order valence-corrected chi connectivity index (χ4v) is 9.45. The van der Waals surface area contributed by atoms with Gasteiger partial charge in [-0.25, -0.2) is 14.8 Å². The van der Waals surface area contributed by atoms with Gasteiger partial charge in [-0.3, -0.25) is 18.9 Å². The lowest BCUT2D eigenvalue weighted by Gasteiger charge is -2.26. The number of aliphatic hydroxyl groups excluding tert-OH is 5. The number of hydrogen-bond donors (Lipinski definition) is 11. The Morgan fingerprint density at radius 2 is 1.50 bits per heavy atom. The van der Waals surface area contributed by atoms with Crippen LogP contribution in [-0.2, 0) is 21.5 Å². The molecule has 0 saturated heterocycles. The van der Waals surface area contributed by atoms with Crippen LogP contribution in [-0.4, -0.2) is 142 Å². The molecule has 6 aromatic rings. The van der Waals surface area contributed by atoms with Crippen LogP contribution in [0.2, 0.25) is 0 Å². The average molecular weight is 1180 g/mol. The number of unbranched alkanes of at least 4 members (excludes halogenated alkanes) is 2. The summed E-state index contributed by atoms with van der Waals surface area (Å²) in [7, 11) is -4.50. The van der Waals surface area contributed by atoms with Crippen LogP contribution in [0.5, 0.6) is 17.4 Å². The molecule has 24 nitrogen and oxygen atoms in total. The molecule has 0 spiro atoms. The van der Waals surface area contributed by atoms with Gasteiger partial charge in [0.05, 0.1) is 42.0 Å². The van der Waals surface area contributed by atoms with E-state index in [1.165, 1.54) is 36.4 Å². The quantitative estimate of drug-likeness (QED) is 0.0146. The molecule has 5 amide bonds. The number of carbonyl (C=O) groups excluding carboxylic acids is 4. The summed E-state index contributed by atoms with van der Waals surface area (Å²) in [5, 5.41) is 71.0. The van der Waals surface area contributed by atoms with E-state index in [1.807, 2.05) is 60.7 Å². The number of rotatable bonds is 30. The van der Waals surface area contributed by atoms with Gasteiger partial charge in [-0.2, -0.15) is 13.5 Å². The second-order valence-corrected chi connectivity index (χ2v) is 22.0. The summed E-state index contributed by atoms with van der Waals surface area (Å²) in [5.74, 6) is -0.0146. The van der Waals surface area contributed by atoms with Crippen LogP contribution in [0.25, 0.3) is 22.4 Å². The van der Waals surface area contributed by atoms with Crippen molar-refractivity contribution < 1.29 is 71.9 Å². The van der Waals surface area contributed by atoms with Crippen LogP contribution in [0.3, 0.4) is 0 Å². The molecule has 3 heterocycles. The lowest BCUT2D eigenvalue weighted by Crippen LogP contribution is -2.52. The molecule has 0 aliphatic carbocycles. The second-order valence-electron chi connectivity index (χ2n) is 20.6. The summed E-state index contributed by atoms with van der Waals surface area (Å²) in [6.07, 6.45) is -3.27. The van der Waals surface area contributed by atoms with Crippen LogP contribution < -0.4 is 40.8 Å². The summed E-state index contributed by atoms with van der Waals surface area (Å²) >= 11 is 0. The highest BCUT2D eigenvalue weighted by molar-refractivity contribution is 7.85. The number of pyridine rings is 2. The van der Waals surface area contributed by atoms with Gasteiger partial charge in [-0.05, 0) is 115 Å². The van der Waals surface area contributed by atoms with Gasteiger partial charge in [0.1, 0.15) is 24.4 Å². The number of amides is 5. The van der Waals surface area contributed by atoms with Gasteiger partial charge in [0.2, 0.25) is 18.6 Å². The van der Waals surface area contributed by atoms with Crippen molar-refractivity contribution in [3.8, 4) is 39.8 Å². The molecule has 4 aromatic carbocycles. The number of hydrogen-bond acceptors (Lipinski definition) is 18. The number of benzene rings is 4. The summed E-state index contributed by atoms with van der Waals surface area (Å²) < 4.78 is 50.3. The molecule has 0 saturated carbocycles. The van der Waals surface area contributed by atoms with Gasteiger partial charge < -0.3 is 66.3 Å². The maximum atomic E-state index is 13.5. The molecule has 2 aromatic heterocycles. The van der Waals surface area contributed by atoms with Gasteiger partial charge >= 0.3 is 6.03 Å². The maximum Gasteiger partial charge on any atom is 0.319 e. The third-order valence-electron chi connectivity index (χ3n) is 13.5. The highest BCUT2D eigenvalue weighted by atomic mass is 32.2. The molecule has 5 atom stereocenters. The van der Waals surface area contributed by atoms with Crippen molar-refractivity contribution in [3.05, 3.63) is 144 Å². The summed E-state index contributed by atoms with van der Waals surface area (Å²) in [5.41, 5.74) is 4.20. The maximum absolute atomic E-state index is 13.5. The number of azo groups is 1. The summed E-state index contributed by atoms with van der Waals surface area (Å²) in [6.45, 7) is 3.54. The van der Waals surface area contributed by atoms with E-state index >= 15 is 0 Å². The number of carbonyl (C=O) groups is 4. The van der Waals surface area contributed by atoms with Crippen molar-refractivity contribution in [2.24, 2.45) is 15.6 Å². The normalized spacial score (nSPS) is 14.0. The number of aromatic nitrogens is 2. The van der Waals surface area contributed by atoms with Gasteiger partial charge in [0.25, 0.3) is 21.9 Å². The van der Waals surface area contributed by atoms with Gasteiger partial charge in [0, 0.05) is 48.7 Å². The molecule has 7 rings (SSSR count). The zero-order chi connectivity index (χ0) is 60.2. The van der Waals surface area contributed by atoms with E-state index in [1.54, 1.807) is 24.3 Å². The molecule has 25 heteroatoms. The smallest absolute Gasteiger partial charge is 0.319 e. The Bertz CT molecular complexity index is 3340. The Labute approximate surface area is 485 Å². The monoisotopic (exact) mass is 1180 g/mol. The lowest BCUT2D eigenvalue weighted by atomic mass is 9.87. The molecule has 1 aliphatic heterocycles. The molecule has 84 heavy (non-hydrogen) atoms. The van der Waals surface area contributed by atoms with E-state index in [9.17, 15) is 52.6 Å². The Morgan fingerprint density at radius 3 is 2.26 bits per heavy atom. The van der Waals surface area contributed by atoms with Gasteiger partial charge in [-0.1, -0.05) is 74.5 Å². The van der Waals surface area contributed by atoms with Gasteiger partial charge in [-0.15, -0.1) is 5.11 Å². The zero-order valence-electron chi connectivity index (χ0n) is 46.3. The first-order valence-electron chi connectivity index (χ1n) is 27.1. The highest BCUT2D eigenvalue weighted by Gasteiger charge is 2.31. The van der Waals surface area contributed by atoms with Gasteiger partial charge in [0.15, 0.2) is 17.3 Å². The predicted octanol–water partition coefficient (Wildman–Crippen LogP) is 5.72. The van der Waals surface area contributed by atoms with E-state index in [-0.39, 0.29) is 65.5 Å². The molecule has 0 unspecified atom stereocenters. The number of nitrogens with zero attached hydrogens (tertiary/aromatic N) is 4. The number of anilines is 1. The second kappa shape index (κ2) is 30.2. The fraction of sp³-hybridized carbons (Fsp3) is 0.356. The van der Waals surface area contributed by atoms with Crippen molar-refractivity contribution in [2.45, 2.75) is 94.3 Å². The number of urea groups is 1. The van der Waals surface area contributed by atoms with Crippen LogP contribution in [0.4, 0.5) is 16.3 Å². The first kappa shape index (κ1) is 63.2. The number of ether oxygens (including phenoxy) is 3. The topological polar surface area (TPSA) is 362 Å². The molecule has 1 aliphatic rings. The predicted molar refractivity (Wildman–Crippen MR) is 308 cm³/mol. The SMILES string of the molecule is CC(C)(CCCCOc1cc(-c2ccc3c(c2)OCO3)cc(-c2ccccc2)n1)CNC(=O)Nc1cccc(C(=O)NCCCC[C@H](NC(=O)c2ccc(N=NCc3ccccc3S(=O)(=O)O)nc2)C(=O)NC[C@H](O)[C@@H](O)[C@H](O)[C@H](O)CO)c1. The minimum atomic E-state index is -4.50. The Balaban J connectivity index is 0.850. The lowest BCUT2D eigenvalue weighted by molar-refractivity contribution is -0.127. The van der Waals surface area contributed by atoms with E-state index in [2.05, 4.69) is 55.6 Å². The van der Waals surface area contributed by atoms with Crippen molar-refractivity contribution in [1.82, 2.24) is 31.2 Å². The molecule has 446 valence electrons. The van der Waals surface area contributed by atoms with E-state index in [4.69, 9.17) is 24.3 Å². The first-order chi connectivity index (χ1) is 40.3. The minimum absolute atomic E-state index is 0.00808. The summed E-state index contributed by atoms with van der Waals surface area (Å²) in [6, 6.07) is 32.7. The molecular weight excluding hydrogens is 1110 g/mol. The fourth-order valence-electron chi connectivity index (χ4n) is 8.73. The Kier molecular flexibility index (Phi) is 22.7. The molecule has 0 radical (unpaired) electrons. The molecule has 11 N–H and O–H groups in total. The Morgan fingerprint density at radius 1 is 0.738 bits per heavy atom. The van der Waals surface area contributed by atoms with E-state index in [0.717, 1.165) is 47.8 Å². The van der Waals surface area contributed by atoms with Crippen LogP contribution in [0, 0.1) is 5.41 Å². The largest absolute Gasteiger partial charge is 0.478 e. The number of nitrogens with one attached hydrogen (secondary N) is 5. The van der Waals surface area contributed by atoms with Crippen LogP contribution in [0.1, 0.15) is 78.7 Å². The first-order valence-corrected chi connectivity index (χ1v) is 28.5. The van der Waals surface area contributed by atoms with Crippen molar-refractivity contribution in [2.75, 3.05) is 45.0 Å². The molecule has 0 fully saturated rings. The van der Waals surface area contributed by atoms with E-state index < -0.39 is 77.5 Å². The zero-order valence-corrected chi connectivity index (χ0v) is 47.1. The molecular formula is C59H69N9O15S. The third-order valence-corrected chi connectivity index (χ3v) is 14.5. The molecule has 0 bridgehead atoms. The highest BCUT2D eigenvalue weighted by Crippen LogP contribution is 2.38. The third kappa shape index (κ3) is 18.8. The van der Waals surface area contributed by atoms with Crippen molar-refractivity contribution >= 4 is 45.4 Å². The van der Waals surface area contributed by atoms with Crippen molar-refractivity contribution in [3.63, 3.8) is 0 Å². The van der Waals surface area contributed by atoms with E-state index in [0.29, 0.717) is 42.6 Å². The average Bonchev–Trinajstić information content (AvgIpc) is 4.17. The van der Waals surface area contributed by atoms with Crippen molar-refractivity contribution in [1.29, 1.82) is 0 Å². The van der Waals surface area contributed by atoms with Crippen LogP contribution >= 0.6 is 0 Å².